The van der Waals surface area contributed by atoms with E-state index in [1.807, 2.05) is 91.5 Å². The van der Waals surface area contributed by atoms with E-state index >= 15 is 0 Å². The molecule has 1 fully saturated rings. The maximum atomic E-state index is 14.1. The molecule has 39 heavy (non-hydrogen) atoms. The number of nitrogens with one attached hydrogen (secondary N) is 1. The molecule has 1 aliphatic heterocycles. The molecule has 1 saturated heterocycles. The fourth-order valence-corrected chi connectivity index (χ4v) is 5.41. The molecule has 0 unspecified atom stereocenters. The van der Waals surface area contributed by atoms with E-state index in [1.54, 1.807) is 7.11 Å². The van der Waals surface area contributed by atoms with E-state index < -0.39 is 12.0 Å². The minimum absolute atomic E-state index is 0.0296. The lowest BCUT2D eigenvalue weighted by Crippen LogP contribution is -2.46. The van der Waals surface area contributed by atoms with Gasteiger partial charge in [-0.3, -0.25) is 9.59 Å². The van der Waals surface area contributed by atoms with Crippen LogP contribution in [0.3, 0.4) is 0 Å². The third-order valence-corrected chi connectivity index (χ3v) is 7.64. The van der Waals surface area contributed by atoms with E-state index in [2.05, 4.69) is 32.2 Å². The number of hydrogen-bond acceptors (Lipinski definition) is 4. The minimum Gasteiger partial charge on any atom is -0.496 e. The number of carbonyl (C=O) groups excluding carboxylic acids is 2. The van der Waals surface area contributed by atoms with Gasteiger partial charge in [-0.2, -0.15) is 0 Å². The molecule has 2 amide bonds. The highest BCUT2D eigenvalue weighted by Crippen LogP contribution is 2.40. The van der Waals surface area contributed by atoms with Crippen molar-refractivity contribution in [1.82, 2.24) is 4.90 Å². The summed E-state index contributed by atoms with van der Waals surface area (Å²) in [6.45, 7) is 8.97. The lowest BCUT2D eigenvalue weighted by Gasteiger charge is -2.41. The quantitative estimate of drug-likeness (QED) is 0.392. The van der Waals surface area contributed by atoms with Crippen molar-refractivity contribution < 1.29 is 14.3 Å². The van der Waals surface area contributed by atoms with Crippen LogP contribution in [-0.2, 0) is 10.2 Å². The highest BCUT2D eigenvalue weighted by Gasteiger charge is 2.40. The van der Waals surface area contributed by atoms with Crippen molar-refractivity contribution >= 4 is 23.2 Å². The predicted molar refractivity (Wildman–Crippen MR) is 159 cm³/mol. The van der Waals surface area contributed by atoms with Crippen molar-refractivity contribution in [3.8, 4) is 5.75 Å². The number of rotatable bonds is 6. The zero-order chi connectivity index (χ0) is 28.3. The fourth-order valence-electron chi connectivity index (χ4n) is 5.41. The Hall–Kier alpha value is -3.80. The van der Waals surface area contributed by atoms with E-state index in [0.717, 1.165) is 34.5 Å². The molecule has 0 saturated carbocycles. The summed E-state index contributed by atoms with van der Waals surface area (Å²) in [7, 11) is 5.58. The first kappa shape index (κ1) is 28.2. The maximum absolute atomic E-state index is 14.1. The van der Waals surface area contributed by atoms with Gasteiger partial charge in [-0.15, -0.1) is 0 Å². The number of carbonyl (C=O) groups is 2. The topological polar surface area (TPSA) is 61.9 Å². The first-order valence-electron chi connectivity index (χ1n) is 13.6. The lowest BCUT2D eigenvalue weighted by molar-refractivity contribution is -0.123. The molecule has 0 aliphatic carbocycles. The standard InChI is InChI=1S/C33H41N3O3/c1-22-11-8-15-28(39-7)29(22)32(38)36-20-10-14-27(30(36)23-16-18-26(19-17-23)35(5)6)31(37)34-25-13-9-12-24(21-25)33(2,3)4/h8-9,11-13,15-19,21,27,30H,10,14,20H2,1-7H3,(H,34,37)/t27-,30-/m0/s1. The van der Waals surface area contributed by atoms with Gasteiger partial charge in [0.15, 0.2) is 0 Å². The van der Waals surface area contributed by atoms with Gasteiger partial charge in [0.2, 0.25) is 5.91 Å². The van der Waals surface area contributed by atoms with Gasteiger partial charge in [0, 0.05) is 32.0 Å². The van der Waals surface area contributed by atoms with Gasteiger partial charge in [0.1, 0.15) is 5.75 Å². The van der Waals surface area contributed by atoms with E-state index in [-0.39, 0.29) is 17.2 Å². The van der Waals surface area contributed by atoms with Crippen LogP contribution in [0.4, 0.5) is 11.4 Å². The number of hydrogen-bond donors (Lipinski definition) is 1. The Morgan fingerprint density at radius 1 is 1.00 bits per heavy atom. The van der Waals surface area contributed by atoms with Gasteiger partial charge in [-0.1, -0.05) is 57.2 Å². The molecule has 2 atom stereocenters. The number of ether oxygens (including phenoxy) is 1. The number of nitrogens with zero attached hydrogens (tertiary/aromatic N) is 2. The van der Waals surface area contributed by atoms with Crippen LogP contribution in [0.5, 0.6) is 5.75 Å². The van der Waals surface area contributed by atoms with Gasteiger partial charge < -0.3 is 19.9 Å². The monoisotopic (exact) mass is 527 g/mol. The summed E-state index contributed by atoms with van der Waals surface area (Å²) in [6.07, 6.45) is 1.44. The molecule has 1 heterocycles. The molecule has 0 radical (unpaired) electrons. The van der Waals surface area contributed by atoms with Crippen LogP contribution >= 0.6 is 0 Å². The van der Waals surface area contributed by atoms with Gasteiger partial charge in [0.25, 0.3) is 5.91 Å². The first-order valence-corrected chi connectivity index (χ1v) is 13.6. The Morgan fingerprint density at radius 3 is 2.33 bits per heavy atom. The molecule has 0 spiro atoms. The predicted octanol–water partition coefficient (Wildman–Crippen LogP) is 6.60. The molecule has 1 N–H and O–H groups in total. The second kappa shape index (κ2) is 11.5. The summed E-state index contributed by atoms with van der Waals surface area (Å²) in [6, 6.07) is 21.4. The number of likely N-dealkylation sites (tertiary alicyclic amines) is 1. The molecule has 6 heteroatoms. The number of aryl methyl sites for hydroxylation is 1. The van der Waals surface area contributed by atoms with Gasteiger partial charge in [0.05, 0.1) is 24.6 Å². The summed E-state index contributed by atoms with van der Waals surface area (Å²) >= 11 is 0. The molecule has 3 aromatic carbocycles. The highest BCUT2D eigenvalue weighted by atomic mass is 16.5. The molecule has 4 rings (SSSR count). The second-order valence-corrected chi connectivity index (χ2v) is 11.7. The van der Waals surface area contributed by atoms with E-state index in [1.165, 1.54) is 0 Å². The van der Waals surface area contributed by atoms with Crippen molar-refractivity contribution in [2.24, 2.45) is 5.92 Å². The van der Waals surface area contributed by atoms with Crippen LogP contribution < -0.4 is 15.0 Å². The summed E-state index contributed by atoms with van der Waals surface area (Å²) < 4.78 is 5.58. The van der Waals surface area contributed by atoms with Crippen molar-refractivity contribution in [1.29, 1.82) is 0 Å². The summed E-state index contributed by atoms with van der Waals surface area (Å²) in [5.74, 6) is -0.0376. The summed E-state index contributed by atoms with van der Waals surface area (Å²) in [5.41, 5.74) is 5.32. The lowest BCUT2D eigenvalue weighted by atomic mass is 9.83. The summed E-state index contributed by atoms with van der Waals surface area (Å²) in [5, 5.41) is 3.18. The number of piperidine rings is 1. The Kier molecular flexibility index (Phi) is 8.34. The average molecular weight is 528 g/mol. The van der Waals surface area contributed by atoms with E-state index in [0.29, 0.717) is 24.3 Å². The minimum atomic E-state index is -0.405. The SMILES string of the molecule is COc1cccc(C)c1C(=O)N1CCC[C@H](C(=O)Nc2cccc(C(C)(C)C)c2)[C@@H]1c1ccc(N(C)C)cc1. The largest absolute Gasteiger partial charge is 0.496 e. The first-order chi connectivity index (χ1) is 18.5. The molecule has 3 aromatic rings. The van der Waals surface area contributed by atoms with Crippen LogP contribution in [0, 0.1) is 12.8 Å². The van der Waals surface area contributed by atoms with Crippen LogP contribution in [0.1, 0.15) is 66.7 Å². The zero-order valence-corrected chi connectivity index (χ0v) is 24.2. The molecule has 6 nitrogen and oxygen atoms in total. The Labute approximate surface area is 233 Å². The molecular weight excluding hydrogens is 486 g/mol. The number of amides is 2. The number of benzene rings is 3. The number of anilines is 2. The van der Waals surface area contributed by atoms with Gasteiger partial charge in [-0.25, -0.2) is 0 Å². The molecular formula is C33H41N3O3. The van der Waals surface area contributed by atoms with Crippen LogP contribution in [0.2, 0.25) is 0 Å². The van der Waals surface area contributed by atoms with Crippen molar-refractivity contribution in [3.63, 3.8) is 0 Å². The smallest absolute Gasteiger partial charge is 0.258 e. The second-order valence-electron chi connectivity index (χ2n) is 11.7. The zero-order valence-electron chi connectivity index (χ0n) is 24.2. The van der Waals surface area contributed by atoms with Crippen molar-refractivity contribution in [3.05, 3.63) is 89.0 Å². The Bertz CT molecular complexity index is 1320. The fraction of sp³-hybridized carbons (Fsp3) is 0.394. The number of methoxy groups -OCH3 is 1. The average Bonchev–Trinajstić information content (AvgIpc) is 2.91. The van der Waals surface area contributed by atoms with Crippen LogP contribution in [-0.4, -0.2) is 44.5 Å². The van der Waals surface area contributed by atoms with E-state index in [4.69, 9.17) is 4.74 Å². The third kappa shape index (κ3) is 6.11. The maximum Gasteiger partial charge on any atom is 0.258 e. The molecule has 206 valence electrons. The Morgan fingerprint density at radius 2 is 1.69 bits per heavy atom. The molecule has 0 aromatic heterocycles. The Balaban J connectivity index is 1.73. The van der Waals surface area contributed by atoms with Crippen LogP contribution in [0.15, 0.2) is 66.7 Å². The molecule has 0 bridgehead atoms. The third-order valence-electron chi connectivity index (χ3n) is 7.64. The highest BCUT2D eigenvalue weighted by molar-refractivity contribution is 6.00. The van der Waals surface area contributed by atoms with Crippen molar-refractivity contribution in [2.75, 3.05) is 38.0 Å². The van der Waals surface area contributed by atoms with Gasteiger partial charge >= 0.3 is 0 Å². The summed E-state index contributed by atoms with van der Waals surface area (Å²) in [4.78, 5) is 32.0. The van der Waals surface area contributed by atoms with Gasteiger partial charge in [-0.05, 0) is 72.2 Å². The van der Waals surface area contributed by atoms with Crippen LogP contribution in [0.25, 0.3) is 0 Å². The van der Waals surface area contributed by atoms with Crippen molar-refractivity contribution in [2.45, 2.75) is 52.0 Å². The molecule has 1 aliphatic rings. The van der Waals surface area contributed by atoms with E-state index in [9.17, 15) is 9.59 Å². The normalized spacial score (nSPS) is 17.5.